The molecule has 0 heterocycles. The molecule has 92 valence electrons. The maximum atomic E-state index is 12.0. The third-order valence-corrected chi connectivity index (χ3v) is 3.85. The molecule has 0 bridgehead atoms. The van der Waals surface area contributed by atoms with Crippen LogP contribution in [-0.2, 0) is 0 Å². The Morgan fingerprint density at radius 1 is 1.59 bits per heavy atom. The van der Waals surface area contributed by atoms with Gasteiger partial charge in [-0.25, -0.2) is 0 Å². The lowest BCUT2D eigenvalue weighted by Gasteiger charge is -2.28. The molecule has 5 heteroatoms. The zero-order valence-corrected chi connectivity index (χ0v) is 12.8. The Labute approximate surface area is 120 Å². The molecule has 1 rings (SSSR count). The Bertz CT molecular complexity index is 450. The van der Waals surface area contributed by atoms with Gasteiger partial charge in [0.1, 0.15) is 0 Å². The van der Waals surface area contributed by atoms with E-state index >= 15 is 0 Å². The van der Waals surface area contributed by atoms with E-state index in [4.69, 9.17) is 18.0 Å². The minimum absolute atomic E-state index is 0.152. The van der Waals surface area contributed by atoms with E-state index in [0.29, 0.717) is 17.0 Å². The fourth-order valence-corrected chi connectivity index (χ4v) is 2.02. The summed E-state index contributed by atoms with van der Waals surface area (Å²) < 4.78 is 1.02. The molecule has 0 fully saturated rings. The van der Waals surface area contributed by atoms with Gasteiger partial charge in [-0.1, -0.05) is 25.2 Å². The van der Waals surface area contributed by atoms with Crippen molar-refractivity contribution in [1.82, 2.24) is 5.32 Å². The second kappa shape index (κ2) is 5.77. The summed E-state index contributed by atoms with van der Waals surface area (Å²) in [5, 5.41) is 2.88. The lowest BCUT2D eigenvalue weighted by Crippen LogP contribution is -2.54. The van der Waals surface area contributed by atoms with Crippen molar-refractivity contribution in [3.05, 3.63) is 33.4 Å². The van der Waals surface area contributed by atoms with Crippen LogP contribution in [0.4, 0.5) is 0 Å². The van der Waals surface area contributed by atoms with Gasteiger partial charge in [0, 0.05) is 9.13 Å². The van der Waals surface area contributed by atoms with Crippen molar-refractivity contribution in [2.75, 3.05) is 0 Å². The zero-order chi connectivity index (χ0) is 13.1. The number of amides is 1. The molecule has 1 unspecified atom stereocenters. The second-order valence-electron chi connectivity index (χ2n) is 4.01. The Balaban J connectivity index is 2.89. The summed E-state index contributed by atoms with van der Waals surface area (Å²) >= 11 is 7.15. The highest BCUT2D eigenvalue weighted by molar-refractivity contribution is 14.1. The highest BCUT2D eigenvalue weighted by Crippen LogP contribution is 2.13. The number of carbonyl (C=O) groups is 1. The van der Waals surface area contributed by atoms with Crippen LogP contribution >= 0.6 is 34.8 Å². The first-order chi connectivity index (χ1) is 7.89. The van der Waals surface area contributed by atoms with Gasteiger partial charge in [-0.15, -0.1) is 0 Å². The maximum absolute atomic E-state index is 12.0. The van der Waals surface area contributed by atoms with Crippen LogP contribution in [0, 0.1) is 3.57 Å². The molecule has 0 aromatic heterocycles. The van der Waals surface area contributed by atoms with Crippen LogP contribution in [0.5, 0.6) is 0 Å². The first-order valence-corrected chi connectivity index (χ1v) is 6.75. The summed E-state index contributed by atoms with van der Waals surface area (Å²) in [7, 11) is 0. The van der Waals surface area contributed by atoms with E-state index in [1.54, 1.807) is 6.07 Å². The SMILES string of the molecule is CCC(C)(NC(=O)c1cccc(I)c1)C(N)=S. The quantitative estimate of drug-likeness (QED) is 0.639. The monoisotopic (exact) mass is 362 g/mol. The summed E-state index contributed by atoms with van der Waals surface area (Å²) in [4.78, 5) is 12.4. The molecule has 0 spiro atoms. The van der Waals surface area contributed by atoms with Crippen molar-refractivity contribution < 1.29 is 4.79 Å². The summed E-state index contributed by atoms with van der Waals surface area (Å²) in [6.45, 7) is 3.77. The topological polar surface area (TPSA) is 55.1 Å². The standard InChI is InChI=1S/C12H15IN2OS/c1-3-12(2,11(14)17)15-10(16)8-5-4-6-9(13)7-8/h4-7H,3H2,1-2H3,(H2,14,17)(H,15,16). The second-order valence-corrected chi connectivity index (χ2v) is 5.70. The van der Waals surface area contributed by atoms with E-state index < -0.39 is 5.54 Å². The largest absolute Gasteiger partial charge is 0.391 e. The Morgan fingerprint density at radius 2 is 2.24 bits per heavy atom. The van der Waals surface area contributed by atoms with E-state index in [0.717, 1.165) is 3.57 Å². The normalized spacial score (nSPS) is 13.8. The van der Waals surface area contributed by atoms with Crippen LogP contribution in [-0.4, -0.2) is 16.4 Å². The molecular formula is C12H15IN2OS. The number of carbonyl (C=O) groups excluding carboxylic acids is 1. The van der Waals surface area contributed by atoms with E-state index in [2.05, 4.69) is 27.9 Å². The number of thiocarbonyl (C=S) groups is 1. The number of halogens is 1. The van der Waals surface area contributed by atoms with Crippen molar-refractivity contribution in [2.45, 2.75) is 25.8 Å². The number of rotatable bonds is 4. The highest BCUT2D eigenvalue weighted by Gasteiger charge is 2.27. The van der Waals surface area contributed by atoms with Gasteiger partial charge in [-0.3, -0.25) is 4.79 Å². The van der Waals surface area contributed by atoms with Crippen LogP contribution in [0.25, 0.3) is 0 Å². The minimum atomic E-state index is -0.631. The van der Waals surface area contributed by atoms with Crippen molar-refractivity contribution in [2.24, 2.45) is 5.73 Å². The predicted molar refractivity (Wildman–Crippen MR) is 82.1 cm³/mol. The smallest absolute Gasteiger partial charge is 0.252 e. The molecule has 0 aliphatic heterocycles. The summed E-state index contributed by atoms with van der Waals surface area (Å²) in [5.41, 5.74) is 5.64. The number of nitrogens with two attached hydrogens (primary N) is 1. The first kappa shape index (κ1) is 14.4. The van der Waals surface area contributed by atoms with Crippen molar-refractivity contribution >= 4 is 45.7 Å². The molecule has 1 atom stereocenters. The van der Waals surface area contributed by atoms with Crippen molar-refractivity contribution in [3.63, 3.8) is 0 Å². The van der Waals surface area contributed by atoms with Gasteiger partial charge in [0.25, 0.3) is 5.91 Å². The molecule has 3 N–H and O–H groups in total. The van der Waals surface area contributed by atoms with Crippen LogP contribution in [0.2, 0.25) is 0 Å². The van der Waals surface area contributed by atoms with Crippen LogP contribution < -0.4 is 11.1 Å². The molecule has 0 saturated heterocycles. The van der Waals surface area contributed by atoms with Crippen molar-refractivity contribution in [1.29, 1.82) is 0 Å². The number of hydrogen-bond donors (Lipinski definition) is 2. The average Bonchev–Trinajstić information content (AvgIpc) is 2.28. The van der Waals surface area contributed by atoms with E-state index in [-0.39, 0.29) is 5.91 Å². The fraction of sp³-hybridized carbons (Fsp3) is 0.333. The van der Waals surface area contributed by atoms with Gasteiger partial charge in [0.05, 0.1) is 10.5 Å². The first-order valence-electron chi connectivity index (χ1n) is 5.27. The lowest BCUT2D eigenvalue weighted by atomic mass is 9.98. The molecule has 1 aromatic carbocycles. The minimum Gasteiger partial charge on any atom is -0.391 e. The Kier molecular flexibility index (Phi) is 4.88. The lowest BCUT2D eigenvalue weighted by molar-refractivity contribution is 0.0926. The van der Waals surface area contributed by atoms with E-state index in [1.807, 2.05) is 32.0 Å². The van der Waals surface area contributed by atoms with Crippen LogP contribution in [0.3, 0.4) is 0 Å². The molecule has 0 aliphatic rings. The molecule has 0 radical (unpaired) electrons. The number of nitrogens with one attached hydrogen (secondary N) is 1. The summed E-state index contributed by atoms with van der Waals surface area (Å²) in [5.74, 6) is -0.152. The van der Waals surface area contributed by atoms with Crippen LogP contribution in [0.1, 0.15) is 30.6 Å². The van der Waals surface area contributed by atoms with Gasteiger partial charge in [0.2, 0.25) is 0 Å². The molecule has 1 aromatic rings. The van der Waals surface area contributed by atoms with Gasteiger partial charge in [-0.05, 0) is 54.1 Å². The summed E-state index contributed by atoms with van der Waals surface area (Å²) in [6, 6.07) is 7.38. The average molecular weight is 362 g/mol. The molecule has 17 heavy (non-hydrogen) atoms. The number of benzene rings is 1. The van der Waals surface area contributed by atoms with Crippen molar-refractivity contribution in [3.8, 4) is 0 Å². The fourth-order valence-electron chi connectivity index (χ4n) is 1.28. The highest BCUT2D eigenvalue weighted by atomic mass is 127. The number of hydrogen-bond acceptors (Lipinski definition) is 2. The molecule has 0 aliphatic carbocycles. The molecule has 0 saturated carbocycles. The van der Waals surface area contributed by atoms with Gasteiger partial charge in [-0.2, -0.15) is 0 Å². The van der Waals surface area contributed by atoms with Crippen LogP contribution in [0.15, 0.2) is 24.3 Å². The van der Waals surface area contributed by atoms with E-state index in [1.165, 1.54) is 0 Å². The zero-order valence-electron chi connectivity index (χ0n) is 9.79. The van der Waals surface area contributed by atoms with Gasteiger partial charge >= 0.3 is 0 Å². The third kappa shape index (κ3) is 3.64. The van der Waals surface area contributed by atoms with Gasteiger partial charge in [0.15, 0.2) is 0 Å². The predicted octanol–water partition coefficient (Wildman–Crippen LogP) is 2.48. The Morgan fingerprint density at radius 3 is 2.71 bits per heavy atom. The molecule has 3 nitrogen and oxygen atoms in total. The van der Waals surface area contributed by atoms with E-state index in [9.17, 15) is 4.79 Å². The molecule has 1 amide bonds. The summed E-state index contributed by atoms with van der Waals surface area (Å²) in [6.07, 6.45) is 0.665. The Hall–Kier alpha value is -0.690. The maximum Gasteiger partial charge on any atom is 0.252 e. The molecular weight excluding hydrogens is 347 g/mol. The third-order valence-electron chi connectivity index (χ3n) is 2.73. The van der Waals surface area contributed by atoms with Gasteiger partial charge < -0.3 is 11.1 Å².